The number of carbonyl (C=O) groups is 2. The first-order valence-corrected chi connectivity index (χ1v) is 12.7. The maximum absolute atomic E-state index is 11.6. The molecule has 0 heterocycles. The third-order valence-electron chi connectivity index (χ3n) is 3.58. The van der Waals surface area contributed by atoms with Gasteiger partial charge in [-0.3, -0.25) is 29.8 Å². The average molecular weight is 553 g/mol. The van der Waals surface area contributed by atoms with E-state index >= 15 is 0 Å². The second kappa shape index (κ2) is 14.1. The molecule has 14 nitrogen and oxygen atoms in total. The normalized spacial score (nSPS) is 10.5. The number of non-ortho nitro benzene ring substituents is 2. The van der Waals surface area contributed by atoms with Crippen LogP contribution in [0.15, 0.2) is 58.3 Å². The number of nitro benzene ring substituents is 2. The van der Waals surface area contributed by atoms with E-state index in [1.807, 2.05) is 4.72 Å². The van der Waals surface area contributed by atoms with Gasteiger partial charge in [0.1, 0.15) is 0 Å². The summed E-state index contributed by atoms with van der Waals surface area (Å²) < 4.78 is 46.4. The fourth-order valence-corrected chi connectivity index (χ4v) is 3.36. The highest BCUT2D eigenvalue weighted by atomic mass is 35.5. The molecular formula is C18H21ClN4O10S2. The van der Waals surface area contributed by atoms with Gasteiger partial charge in [0.25, 0.3) is 21.4 Å². The quantitative estimate of drug-likeness (QED) is 0.289. The standard InChI is InChI=1S/C9H10N2O5S.C6H6N2O4S.C3H5ClO/c1-2-9(12)10-17(15,16)8-5-3-7(4-6-8)11(13)14;7-13(11,12)6-3-1-5(2-4-6)8(9)10;1-2-3(4)5/h3-6H,2H2,1H3,(H,10,12);1-4H,(H2,7,11,12);2H2,1H3. The Kier molecular flexibility index (Phi) is 12.7. The number of sulfonamides is 2. The van der Waals surface area contributed by atoms with Crippen LogP contribution in [0.3, 0.4) is 0 Å². The Morgan fingerprint density at radius 2 is 1.17 bits per heavy atom. The maximum Gasteiger partial charge on any atom is 0.269 e. The van der Waals surface area contributed by atoms with E-state index in [2.05, 4.69) is 0 Å². The first-order valence-electron chi connectivity index (χ1n) is 9.30. The van der Waals surface area contributed by atoms with Gasteiger partial charge in [0, 0.05) is 37.1 Å². The molecule has 2 aromatic carbocycles. The number of benzene rings is 2. The van der Waals surface area contributed by atoms with E-state index in [9.17, 15) is 46.7 Å². The lowest BCUT2D eigenvalue weighted by Crippen LogP contribution is -2.29. The van der Waals surface area contributed by atoms with Crippen molar-refractivity contribution >= 4 is 54.2 Å². The summed E-state index contributed by atoms with van der Waals surface area (Å²) in [7, 11) is -7.70. The first kappa shape index (κ1) is 31.5. The van der Waals surface area contributed by atoms with Crippen LogP contribution >= 0.6 is 11.6 Å². The van der Waals surface area contributed by atoms with Gasteiger partial charge in [0.05, 0.1) is 19.6 Å². The summed E-state index contributed by atoms with van der Waals surface area (Å²) in [6.07, 6.45) is 0.466. The molecule has 0 aliphatic heterocycles. The Morgan fingerprint density at radius 3 is 1.43 bits per heavy atom. The molecule has 0 atom stereocenters. The highest BCUT2D eigenvalue weighted by molar-refractivity contribution is 7.90. The molecular weight excluding hydrogens is 532 g/mol. The summed E-state index contributed by atoms with van der Waals surface area (Å²) in [6, 6.07) is 8.61. The average Bonchev–Trinajstić information content (AvgIpc) is 2.79. The number of hydrogen-bond donors (Lipinski definition) is 2. The van der Waals surface area contributed by atoms with Crippen molar-refractivity contribution in [2.45, 2.75) is 36.5 Å². The van der Waals surface area contributed by atoms with Crippen LogP contribution in [0, 0.1) is 20.2 Å². The molecule has 3 N–H and O–H groups in total. The van der Waals surface area contributed by atoms with Gasteiger partial charge in [-0.2, -0.15) is 0 Å². The molecule has 192 valence electrons. The molecule has 0 unspecified atom stereocenters. The van der Waals surface area contributed by atoms with E-state index in [4.69, 9.17) is 16.7 Å². The van der Waals surface area contributed by atoms with Gasteiger partial charge < -0.3 is 0 Å². The van der Waals surface area contributed by atoms with Crippen molar-refractivity contribution in [2.75, 3.05) is 0 Å². The summed E-state index contributed by atoms with van der Waals surface area (Å²) in [5.74, 6) is -0.636. The number of nitro groups is 2. The van der Waals surface area contributed by atoms with E-state index in [0.717, 1.165) is 48.5 Å². The summed E-state index contributed by atoms with van der Waals surface area (Å²) in [6.45, 7) is 3.23. The van der Waals surface area contributed by atoms with Gasteiger partial charge in [-0.15, -0.1) is 0 Å². The Hall–Kier alpha value is -3.47. The van der Waals surface area contributed by atoms with E-state index in [1.165, 1.54) is 6.92 Å². The second-order valence-corrected chi connectivity index (χ2v) is 9.80. The number of hydrogen-bond acceptors (Lipinski definition) is 10. The summed E-state index contributed by atoms with van der Waals surface area (Å²) in [4.78, 5) is 39.5. The van der Waals surface area contributed by atoms with Crippen LogP contribution in [-0.2, 0) is 29.6 Å². The van der Waals surface area contributed by atoms with Crippen molar-refractivity contribution in [3.05, 3.63) is 68.8 Å². The van der Waals surface area contributed by atoms with Gasteiger partial charge in [0.15, 0.2) is 0 Å². The molecule has 0 saturated heterocycles. The van der Waals surface area contributed by atoms with Crippen molar-refractivity contribution in [3.63, 3.8) is 0 Å². The predicted molar refractivity (Wildman–Crippen MR) is 124 cm³/mol. The zero-order valence-electron chi connectivity index (χ0n) is 18.3. The number of nitrogens with zero attached hydrogens (tertiary/aromatic N) is 2. The fraction of sp³-hybridized carbons (Fsp3) is 0.222. The molecule has 2 rings (SSSR count). The number of nitrogens with two attached hydrogens (primary N) is 1. The Labute approximate surface area is 205 Å². The van der Waals surface area contributed by atoms with Crippen molar-refractivity contribution in [2.24, 2.45) is 5.14 Å². The molecule has 0 fully saturated rings. The molecule has 0 spiro atoms. The number of carbonyl (C=O) groups excluding carboxylic acids is 2. The molecule has 35 heavy (non-hydrogen) atoms. The first-order chi connectivity index (χ1) is 16.0. The van der Waals surface area contributed by atoms with Crippen LogP contribution in [0.4, 0.5) is 11.4 Å². The van der Waals surface area contributed by atoms with Crippen LogP contribution in [0.25, 0.3) is 0 Å². The Bertz CT molecular complexity index is 1260. The third-order valence-corrected chi connectivity index (χ3v) is 6.17. The smallest absolute Gasteiger partial charge is 0.269 e. The molecule has 0 bridgehead atoms. The van der Waals surface area contributed by atoms with Gasteiger partial charge in [-0.25, -0.2) is 26.7 Å². The summed E-state index contributed by atoms with van der Waals surface area (Å²) in [5.41, 5.74) is -0.391. The minimum atomic E-state index is -3.94. The Balaban J connectivity index is 0.000000567. The van der Waals surface area contributed by atoms with Crippen molar-refractivity contribution in [1.29, 1.82) is 0 Å². The second-order valence-electron chi connectivity index (χ2n) is 6.14. The molecule has 1 amide bonds. The highest BCUT2D eigenvalue weighted by Crippen LogP contribution is 2.16. The zero-order chi connectivity index (χ0) is 27.4. The van der Waals surface area contributed by atoms with Crippen molar-refractivity contribution in [1.82, 2.24) is 4.72 Å². The minimum Gasteiger partial charge on any atom is -0.281 e. The van der Waals surface area contributed by atoms with Crippen LogP contribution in [0.2, 0.25) is 0 Å². The van der Waals surface area contributed by atoms with E-state index in [0.29, 0.717) is 6.42 Å². The molecule has 0 aliphatic carbocycles. The van der Waals surface area contributed by atoms with Gasteiger partial charge in [-0.1, -0.05) is 13.8 Å². The molecule has 0 aliphatic rings. The SMILES string of the molecule is CCC(=O)Cl.CCC(=O)NS(=O)(=O)c1ccc([N+](=O)[O-])cc1.NS(=O)(=O)c1ccc([N+](=O)[O-])cc1. The zero-order valence-corrected chi connectivity index (χ0v) is 20.7. The van der Waals surface area contributed by atoms with Crippen molar-refractivity contribution in [3.8, 4) is 0 Å². The third kappa shape index (κ3) is 12.0. The van der Waals surface area contributed by atoms with Crippen LogP contribution in [0.5, 0.6) is 0 Å². The molecule has 0 saturated carbocycles. The van der Waals surface area contributed by atoms with Gasteiger partial charge >= 0.3 is 0 Å². The number of halogens is 1. The van der Waals surface area contributed by atoms with Crippen LogP contribution in [-0.4, -0.2) is 37.8 Å². The fourth-order valence-electron chi connectivity index (χ4n) is 1.79. The van der Waals surface area contributed by atoms with Gasteiger partial charge in [-0.05, 0) is 35.9 Å². The van der Waals surface area contributed by atoms with Crippen LogP contribution in [0.1, 0.15) is 26.7 Å². The lowest BCUT2D eigenvalue weighted by atomic mass is 10.3. The van der Waals surface area contributed by atoms with Crippen LogP contribution < -0.4 is 9.86 Å². The predicted octanol–water partition coefficient (Wildman–Crippen LogP) is 2.21. The lowest BCUT2D eigenvalue weighted by molar-refractivity contribution is -0.385. The molecule has 0 aromatic heterocycles. The summed E-state index contributed by atoms with van der Waals surface area (Å²) >= 11 is 4.82. The molecule has 0 radical (unpaired) electrons. The summed E-state index contributed by atoms with van der Waals surface area (Å²) in [5, 5.41) is 25.1. The number of primary sulfonamides is 1. The van der Waals surface area contributed by atoms with E-state index in [-0.39, 0.29) is 32.8 Å². The topological polar surface area (TPSA) is 227 Å². The number of amides is 1. The largest absolute Gasteiger partial charge is 0.281 e. The number of rotatable bonds is 7. The lowest BCUT2D eigenvalue weighted by Gasteiger charge is -2.04. The minimum absolute atomic E-state index is 0.0339. The monoisotopic (exact) mass is 552 g/mol. The number of nitrogens with one attached hydrogen (secondary N) is 1. The highest BCUT2D eigenvalue weighted by Gasteiger charge is 2.17. The maximum atomic E-state index is 11.6. The molecule has 17 heteroatoms. The van der Waals surface area contributed by atoms with Gasteiger partial charge in [0.2, 0.25) is 21.2 Å². The Morgan fingerprint density at radius 1 is 0.829 bits per heavy atom. The van der Waals surface area contributed by atoms with E-state index in [1.54, 1.807) is 6.92 Å². The van der Waals surface area contributed by atoms with Crippen molar-refractivity contribution < 1.29 is 36.3 Å². The molecule has 2 aromatic rings. The van der Waals surface area contributed by atoms with E-state index < -0.39 is 35.8 Å².